The summed E-state index contributed by atoms with van der Waals surface area (Å²) in [4.78, 5) is 14.8. The number of rotatable bonds is 3. The van der Waals surface area contributed by atoms with Crippen LogP contribution in [0.15, 0.2) is 36.4 Å². The van der Waals surface area contributed by atoms with E-state index in [1.807, 2.05) is 24.3 Å². The van der Waals surface area contributed by atoms with E-state index in [1.54, 1.807) is 6.07 Å². The summed E-state index contributed by atoms with van der Waals surface area (Å²) in [6, 6.07) is 10.8. The second-order valence-electron chi connectivity index (χ2n) is 3.46. The van der Waals surface area contributed by atoms with Gasteiger partial charge in [0.15, 0.2) is 5.69 Å². The van der Waals surface area contributed by atoms with E-state index < -0.39 is 5.97 Å². The second-order valence-corrected chi connectivity index (χ2v) is 5.12. The highest BCUT2D eigenvalue weighted by Gasteiger charge is 2.11. The maximum absolute atomic E-state index is 10.9. The van der Waals surface area contributed by atoms with E-state index in [0.29, 0.717) is 5.82 Å². The van der Waals surface area contributed by atoms with E-state index in [0.717, 1.165) is 9.26 Å². The topological polar surface area (TPSA) is 62.2 Å². The number of hydrogen-bond donors (Lipinski definition) is 2. The van der Waals surface area contributed by atoms with Crippen LogP contribution in [0.1, 0.15) is 10.5 Å². The highest BCUT2D eigenvalue weighted by atomic mass is 127. The van der Waals surface area contributed by atoms with Crippen molar-refractivity contribution in [3.8, 4) is 0 Å². The standard InChI is InChI=1S/C12H8ClIN2O2/c13-9-5-6-10(16-11(9)12(17)18)15-8-3-1-7(14)2-4-8/h1-6H,(H,15,16)(H,17,18). The van der Waals surface area contributed by atoms with E-state index in [-0.39, 0.29) is 10.7 Å². The number of aromatic carboxylic acids is 1. The summed E-state index contributed by atoms with van der Waals surface area (Å²) in [5.41, 5.74) is 0.675. The van der Waals surface area contributed by atoms with Gasteiger partial charge in [-0.1, -0.05) is 11.6 Å². The lowest BCUT2D eigenvalue weighted by Gasteiger charge is -2.07. The third-order valence-electron chi connectivity index (χ3n) is 2.17. The van der Waals surface area contributed by atoms with E-state index in [1.165, 1.54) is 6.07 Å². The Morgan fingerprint density at radius 2 is 1.89 bits per heavy atom. The summed E-state index contributed by atoms with van der Waals surface area (Å²) in [5.74, 6) is -0.704. The fraction of sp³-hybridized carbons (Fsp3) is 0. The number of nitrogens with zero attached hydrogens (tertiary/aromatic N) is 1. The van der Waals surface area contributed by atoms with E-state index in [9.17, 15) is 4.79 Å². The average molecular weight is 375 g/mol. The number of halogens is 2. The lowest BCUT2D eigenvalue weighted by molar-refractivity contribution is 0.0691. The summed E-state index contributed by atoms with van der Waals surface area (Å²) in [5, 5.41) is 12.1. The van der Waals surface area contributed by atoms with Crippen molar-refractivity contribution in [1.82, 2.24) is 4.98 Å². The van der Waals surface area contributed by atoms with Gasteiger partial charge in [0, 0.05) is 9.26 Å². The molecule has 4 nitrogen and oxygen atoms in total. The summed E-state index contributed by atoms with van der Waals surface area (Å²) < 4.78 is 1.12. The molecule has 2 aromatic rings. The molecule has 0 bridgehead atoms. The molecule has 0 aliphatic heterocycles. The van der Waals surface area contributed by atoms with Crippen LogP contribution in [0.25, 0.3) is 0 Å². The van der Waals surface area contributed by atoms with Gasteiger partial charge < -0.3 is 10.4 Å². The van der Waals surface area contributed by atoms with Crippen molar-refractivity contribution < 1.29 is 9.90 Å². The van der Waals surface area contributed by atoms with Gasteiger partial charge in [-0.3, -0.25) is 0 Å². The fourth-order valence-electron chi connectivity index (χ4n) is 1.34. The number of carboxylic acids is 1. The molecule has 0 aliphatic rings. The van der Waals surface area contributed by atoms with Crippen molar-refractivity contribution in [2.45, 2.75) is 0 Å². The van der Waals surface area contributed by atoms with Gasteiger partial charge in [-0.05, 0) is 59.0 Å². The molecule has 0 aliphatic carbocycles. The molecule has 0 atom stereocenters. The predicted molar refractivity (Wildman–Crippen MR) is 78.6 cm³/mol. The van der Waals surface area contributed by atoms with Gasteiger partial charge >= 0.3 is 5.97 Å². The van der Waals surface area contributed by atoms with E-state index in [4.69, 9.17) is 16.7 Å². The SMILES string of the molecule is O=C(O)c1nc(Nc2ccc(I)cc2)ccc1Cl. The molecule has 6 heteroatoms. The Bertz CT molecular complexity index is 587. The first kappa shape index (κ1) is 13.1. The Morgan fingerprint density at radius 1 is 1.22 bits per heavy atom. The first-order valence-corrected chi connectivity index (χ1v) is 6.44. The van der Waals surface area contributed by atoms with E-state index in [2.05, 4.69) is 32.9 Å². The van der Waals surface area contributed by atoms with Crippen LogP contribution in [0.4, 0.5) is 11.5 Å². The largest absolute Gasteiger partial charge is 0.476 e. The van der Waals surface area contributed by atoms with Gasteiger partial charge in [0.1, 0.15) is 5.82 Å². The van der Waals surface area contributed by atoms with Crippen LogP contribution in [0, 0.1) is 3.57 Å². The van der Waals surface area contributed by atoms with Crippen molar-refractivity contribution in [2.24, 2.45) is 0 Å². The summed E-state index contributed by atoms with van der Waals surface area (Å²) in [6.07, 6.45) is 0. The van der Waals surface area contributed by atoms with Crippen LogP contribution in [0.2, 0.25) is 5.02 Å². The van der Waals surface area contributed by atoms with Gasteiger partial charge in [0.05, 0.1) is 5.02 Å². The average Bonchev–Trinajstić information content (AvgIpc) is 2.34. The highest BCUT2D eigenvalue weighted by molar-refractivity contribution is 14.1. The number of pyridine rings is 1. The molecular formula is C12H8ClIN2O2. The predicted octanol–water partition coefficient (Wildman–Crippen LogP) is 3.78. The molecule has 0 fully saturated rings. The van der Waals surface area contributed by atoms with Crippen LogP contribution in [0.3, 0.4) is 0 Å². The van der Waals surface area contributed by atoms with Gasteiger partial charge in [-0.2, -0.15) is 0 Å². The van der Waals surface area contributed by atoms with Crippen LogP contribution in [-0.2, 0) is 0 Å². The summed E-state index contributed by atoms with van der Waals surface area (Å²) >= 11 is 7.95. The lowest BCUT2D eigenvalue weighted by Crippen LogP contribution is -2.04. The molecule has 0 saturated carbocycles. The lowest BCUT2D eigenvalue weighted by atomic mass is 10.3. The Hall–Kier alpha value is -1.34. The van der Waals surface area contributed by atoms with E-state index >= 15 is 0 Å². The van der Waals surface area contributed by atoms with Crippen molar-refractivity contribution in [2.75, 3.05) is 5.32 Å². The molecule has 1 heterocycles. The Labute approximate surface area is 122 Å². The number of carboxylic acid groups (broad SMARTS) is 1. The molecule has 0 radical (unpaired) electrons. The third-order valence-corrected chi connectivity index (χ3v) is 3.19. The summed E-state index contributed by atoms with van der Waals surface area (Å²) in [7, 11) is 0. The Balaban J connectivity index is 2.27. The molecule has 18 heavy (non-hydrogen) atoms. The van der Waals surface area contributed by atoms with Crippen molar-refractivity contribution >= 4 is 51.7 Å². The number of hydrogen-bond acceptors (Lipinski definition) is 3. The Kier molecular flexibility index (Phi) is 4.03. The smallest absolute Gasteiger partial charge is 0.356 e. The zero-order valence-corrected chi connectivity index (χ0v) is 11.9. The minimum Gasteiger partial charge on any atom is -0.476 e. The highest BCUT2D eigenvalue weighted by Crippen LogP contribution is 2.20. The second kappa shape index (κ2) is 5.53. The van der Waals surface area contributed by atoms with Crippen LogP contribution in [0.5, 0.6) is 0 Å². The molecule has 0 amide bonds. The van der Waals surface area contributed by atoms with Crippen LogP contribution < -0.4 is 5.32 Å². The fourth-order valence-corrected chi connectivity index (χ4v) is 1.89. The number of nitrogens with one attached hydrogen (secondary N) is 1. The van der Waals surface area contributed by atoms with Gasteiger partial charge in [-0.25, -0.2) is 9.78 Å². The molecule has 0 spiro atoms. The molecule has 0 unspecified atom stereocenters. The molecule has 2 rings (SSSR count). The van der Waals surface area contributed by atoms with Crippen molar-refractivity contribution in [3.05, 3.63) is 50.7 Å². The van der Waals surface area contributed by atoms with Crippen LogP contribution >= 0.6 is 34.2 Å². The van der Waals surface area contributed by atoms with Crippen molar-refractivity contribution in [1.29, 1.82) is 0 Å². The molecule has 2 N–H and O–H groups in total. The zero-order valence-electron chi connectivity index (χ0n) is 9.02. The maximum atomic E-state index is 10.9. The van der Waals surface area contributed by atoms with Gasteiger partial charge in [0.2, 0.25) is 0 Å². The first-order chi connectivity index (χ1) is 8.56. The van der Waals surface area contributed by atoms with Gasteiger partial charge in [-0.15, -0.1) is 0 Å². The zero-order chi connectivity index (χ0) is 13.1. The number of carbonyl (C=O) groups is 1. The quantitative estimate of drug-likeness (QED) is 0.803. The maximum Gasteiger partial charge on any atom is 0.356 e. The minimum atomic E-state index is -1.15. The molecule has 0 saturated heterocycles. The minimum absolute atomic E-state index is 0.121. The first-order valence-electron chi connectivity index (χ1n) is 4.98. The molecule has 92 valence electrons. The molecule has 1 aromatic heterocycles. The van der Waals surface area contributed by atoms with Crippen molar-refractivity contribution in [3.63, 3.8) is 0 Å². The number of aromatic nitrogens is 1. The summed E-state index contributed by atoms with van der Waals surface area (Å²) in [6.45, 7) is 0. The molecular weight excluding hydrogens is 367 g/mol. The third kappa shape index (κ3) is 3.11. The monoisotopic (exact) mass is 374 g/mol. The number of anilines is 2. The van der Waals surface area contributed by atoms with Gasteiger partial charge in [0.25, 0.3) is 0 Å². The number of benzene rings is 1. The normalized spacial score (nSPS) is 10.1. The Morgan fingerprint density at radius 3 is 2.50 bits per heavy atom. The van der Waals surface area contributed by atoms with Crippen LogP contribution in [-0.4, -0.2) is 16.1 Å². The molecule has 1 aromatic carbocycles.